The van der Waals surface area contributed by atoms with E-state index in [1.807, 2.05) is 23.1 Å². The fraction of sp³-hybridized carbons (Fsp3) is 0.409. The Kier molecular flexibility index (Phi) is 5.52. The van der Waals surface area contributed by atoms with Crippen molar-refractivity contribution in [2.24, 2.45) is 0 Å². The molecule has 3 heterocycles. The first kappa shape index (κ1) is 19.6. The lowest BCUT2D eigenvalue weighted by Gasteiger charge is -2.36. The number of carbonyl (C=O) groups is 1. The number of carbonyl (C=O) groups excluding carboxylic acids is 1. The maximum absolute atomic E-state index is 12.6. The molecule has 1 aliphatic heterocycles. The summed E-state index contributed by atoms with van der Waals surface area (Å²) in [6.07, 6.45) is 3.18. The van der Waals surface area contributed by atoms with Gasteiger partial charge in [0.25, 0.3) is 5.56 Å². The average molecular weight is 441 g/mol. The minimum Gasteiger partial charge on any atom is -0.368 e. The fourth-order valence-electron chi connectivity index (χ4n) is 4.29. The number of anilines is 1. The lowest BCUT2D eigenvalue weighted by Crippen LogP contribution is -2.49. The van der Waals surface area contributed by atoms with Crippen molar-refractivity contribution in [1.29, 1.82) is 0 Å². The van der Waals surface area contributed by atoms with Crippen LogP contribution in [0.4, 0.5) is 5.69 Å². The van der Waals surface area contributed by atoms with Crippen LogP contribution in [0.3, 0.4) is 0 Å². The van der Waals surface area contributed by atoms with E-state index in [0.29, 0.717) is 17.3 Å². The molecule has 5 rings (SSSR count). The Morgan fingerprint density at radius 2 is 1.93 bits per heavy atom. The van der Waals surface area contributed by atoms with Gasteiger partial charge in [0.05, 0.1) is 16.9 Å². The molecule has 3 aromatic rings. The van der Waals surface area contributed by atoms with Crippen LogP contribution >= 0.6 is 23.1 Å². The summed E-state index contributed by atoms with van der Waals surface area (Å²) >= 11 is 3.18. The normalized spacial score (nSPS) is 16.3. The predicted molar refractivity (Wildman–Crippen MR) is 124 cm³/mol. The number of amides is 1. The number of para-hydroxylation sites is 1. The fourth-order valence-corrected chi connectivity index (χ4v) is 6.36. The third-order valence-corrected chi connectivity index (χ3v) is 7.96. The average Bonchev–Trinajstić information content (AvgIpc) is 3.35. The smallest absolute Gasteiger partial charge is 0.259 e. The van der Waals surface area contributed by atoms with Crippen LogP contribution in [0.1, 0.15) is 22.7 Å². The molecule has 30 heavy (non-hydrogen) atoms. The third-order valence-electron chi connectivity index (χ3n) is 5.84. The number of thioether (sulfide) groups is 1. The second-order valence-electron chi connectivity index (χ2n) is 7.75. The molecule has 1 amide bonds. The highest BCUT2D eigenvalue weighted by molar-refractivity contribution is 7.99. The van der Waals surface area contributed by atoms with E-state index in [2.05, 4.69) is 27.0 Å². The minimum atomic E-state index is -0.0293. The lowest BCUT2D eigenvalue weighted by molar-refractivity contribution is -0.128. The SMILES string of the molecule is O=C(CSCc1nc2sc3c(c2c(=O)[nH]1)CCC3)N1CCN(c2ccccc2)CC1. The Morgan fingerprint density at radius 1 is 1.13 bits per heavy atom. The van der Waals surface area contributed by atoms with Gasteiger partial charge >= 0.3 is 0 Å². The molecule has 1 aliphatic carbocycles. The maximum Gasteiger partial charge on any atom is 0.259 e. The van der Waals surface area contributed by atoms with Crippen LogP contribution in [0.15, 0.2) is 35.1 Å². The zero-order chi connectivity index (χ0) is 20.5. The van der Waals surface area contributed by atoms with Gasteiger partial charge in [-0.05, 0) is 37.0 Å². The Bertz CT molecular complexity index is 1120. The van der Waals surface area contributed by atoms with Gasteiger partial charge in [0.15, 0.2) is 0 Å². The highest BCUT2D eigenvalue weighted by atomic mass is 32.2. The number of thiophene rings is 1. The zero-order valence-corrected chi connectivity index (χ0v) is 18.4. The number of aromatic amines is 1. The Labute approximate surface area is 183 Å². The Balaban J connectivity index is 1.15. The monoisotopic (exact) mass is 440 g/mol. The summed E-state index contributed by atoms with van der Waals surface area (Å²) in [6, 6.07) is 10.3. The second kappa shape index (κ2) is 8.43. The molecule has 1 N–H and O–H groups in total. The molecule has 156 valence electrons. The molecule has 1 fully saturated rings. The van der Waals surface area contributed by atoms with E-state index in [1.165, 1.54) is 27.9 Å². The van der Waals surface area contributed by atoms with Gasteiger partial charge in [0.2, 0.25) is 5.91 Å². The highest BCUT2D eigenvalue weighted by Gasteiger charge is 2.22. The molecule has 2 aromatic heterocycles. The predicted octanol–water partition coefficient (Wildman–Crippen LogP) is 3.06. The van der Waals surface area contributed by atoms with Crippen molar-refractivity contribution in [3.8, 4) is 0 Å². The van der Waals surface area contributed by atoms with Gasteiger partial charge in [-0.1, -0.05) is 18.2 Å². The summed E-state index contributed by atoms with van der Waals surface area (Å²) in [5.41, 5.74) is 2.38. The quantitative estimate of drug-likeness (QED) is 0.660. The Morgan fingerprint density at radius 3 is 2.73 bits per heavy atom. The number of nitrogens with zero attached hydrogens (tertiary/aromatic N) is 3. The Hall–Kier alpha value is -2.32. The van der Waals surface area contributed by atoms with Crippen LogP contribution in [0.25, 0.3) is 10.2 Å². The number of aromatic nitrogens is 2. The minimum absolute atomic E-state index is 0.0293. The summed E-state index contributed by atoms with van der Waals surface area (Å²) in [7, 11) is 0. The molecule has 0 atom stereocenters. The van der Waals surface area contributed by atoms with Crippen LogP contribution in [0.2, 0.25) is 0 Å². The van der Waals surface area contributed by atoms with Crippen LogP contribution in [0.5, 0.6) is 0 Å². The molecule has 2 aliphatic rings. The van der Waals surface area contributed by atoms with Crippen molar-refractivity contribution in [2.45, 2.75) is 25.0 Å². The maximum atomic E-state index is 12.6. The van der Waals surface area contributed by atoms with E-state index in [-0.39, 0.29) is 11.5 Å². The molecular formula is C22H24N4O2S2. The van der Waals surface area contributed by atoms with Crippen molar-refractivity contribution in [3.63, 3.8) is 0 Å². The van der Waals surface area contributed by atoms with Gasteiger partial charge < -0.3 is 14.8 Å². The van der Waals surface area contributed by atoms with Crippen molar-refractivity contribution >= 4 is 44.9 Å². The largest absolute Gasteiger partial charge is 0.368 e. The lowest BCUT2D eigenvalue weighted by atomic mass is 10.2. The first-order valence-corrected chi connectivity index (χ1v) is 12.3. The van der Waals surface area contributed by atoms with Gasteiger partial charge in [0.1, 0.15) is 10.7 Å². The van der Waals surface area contributed by atoms with E-state index in [9.17, 15) is 9.59 Å². The highest BCUT2D eigenvalue weighted by Crippen LogP contribution is 2.34. The molecule has 0 unspecified atom stereocenters. The number of fused-ring (bicyclic) bond motifs is 3. The molecule has 1 aromatic carbocycles. The molecule has 0 spiro atoms. The number of piperazine rings is 1. The number of hydrogen-bond donors (Lipinski definition) is 1. The molecule has 6 nitrogen and oxygen atoms in total. The van der Waals surface area contributed by atoms with E-state index in [1.54, 1.807) is 11.3 Å². The van der Waals surface area contributed by atoms with Gasteiger partial charge in [-0.25, -0.2) is 4.98 Å². The number of aryl methyl sites for hydroxylation is 2. The first-order chi connectivity index (χ1) is 14.7. The number of nitrogens with one attached hydrogen (secondary N) is 1. The van der Waals surface area contributed by atoms with E-state index in [0.717, 1.165) is 55.7 Å². The van der Waals surface area contributed by atoms with E-state index < -0.39 is 0 Å². The van der Waals surface area contributed by atoms with Crippen LogP contribution in [-0.2, 0) is 23.4 Å². The number of rotatable bonds is 5. The zero-order valence-electron chi connectivity index (χ0n) is 16.7. The summed E-state index contributed by atoms with van der Waals surface area (Å²) in [5.74, 6) is 1.78. The summed E-state index contributed by atoms with van der Waals surface area (Å²) in [5, 5.41) is 0.786. The van der Waals surface area contributed by atoms with Crippen LogP contribution in [-0.4, -0.2) is 52.7 Å². The summed E-state index contributed by atoms with van der Waals surface area (Å²) in [6.45, 7) is 3.20. The first-order valence-electron chi connectivity index (χ1n) is 10.4. The van der Waals surface area contributed by atoms with E-state index >= 15 is 0 Å². The summed E-state index contributed by atoms with van der Waals surface area (Å²) in [4.78, 5) is 39.2. The van der Waals surface area contributed by atoms with Crippen molar-refractivity contribution in [1.82, 2.24) is 14.9 Å². The number of hydrogen-bond acceptors (Lipinski definition) is 6. The third kappa shape index (κ3) is 3.86. The van der Waals surface area contributed by atoms with Gasteiger partial charge in [-0.3, -0.25) is 9.59 Å². The molecular weight excluding hydrogens is 416 g/mol. The molecule has 1 saturated heterocycles. The van der Waals surface area contributed by atoms with Crippen molar-refractivity contribution < 1.29 is 4.79 Å². The van der Waals surface area contributed by atoms with Gasteiger partial charge in [0, 0.05) is 36.7 Å². The number of H-pyrrole nitrogens is 1. The van der Waals surface area contributed by atoms with E-state index in [4.69, 9.17) is 0 Å². The molecule has 0 bridgehead atoms. The van der Waals surface area contributed by atoms with Gasteiger partial charge in [-0.2, -0.15) is 0 Å². The number of benzene rings is 1. The van der Waals surface area contributed by atoms with Crippen molar-refractivity contribution in [2.75, 3.05) is 36.8 Å². The van der Waals surface area contributed by atoms with Crippen molar-refractivity contribution in [3.05, 3.63) is 57.0 Å². The van der Waals surface area contributed by atoms with Crippen LogP contribution < -0.4 is 10.5 Å². The molecule has 8 heteroatoms. The topological polar surface area (TPSA) is 69.3 Å². The second-order valence-corrected chi connectivity index (χ2v) is 9.82. The molecule has 0 radical (unpaired) electrons. The summed E-state index contributed by atoms with van der Waals surface area (Å²) < 4.78 is 0. The molecule has 0 saturated carbocycles. The van der Waals surface area contributed by atoms with Gasteiger partial charge in [-0.15, -0.1) is 23.1 Å². The standard InChI is InChI=1S/C22H24N4O2S2/c27-19(26-11-9-25(10-12-26)15-5-2-1-3-6-15)14-29-13-18-23-21(28)20-16-7-4-8-17(16)30-22(20)24-18/h1-3,5-6H,4,7-14H2,(H,23,24,28). The van der Waals surface area contributed by atoms with Crippen LogP contribution in [0, 0.1) is 0 Å².